The fraction of sp³-hybridized carbons (Fsp3) is 0.467. The number of benzene rings is 1. The molecule has 21 heavy (non-hydrogen) atoms. The van der Waals surface area contributed by atoms with Gasteiger partial charge >= 0.3 is 0 Å². The number of halogens is 1. The first-order valence-electron chi connectivity index (χ1n) is 7.00. The minimum Gasteiger partial charge on any atom is -0.496 e. The van der Waals surface area contributed by atoms with E-state index in [1.807, 2.05) is 18.2 Å². The first-order valence-corrected chi connectivity index (χ1v) is 8.60. The summed E-state index contributed by atoms with van der Waals surface area (Å²) in [7, 11) is 1.66. The third-order valence-electron chi connectivity index (χ3n) is 2.99. The minimum atomic E-state index is 0.534. The molecule has 0 saturated heterocycles. The van der Waals surface area contributed by atoms with Gasteiger partial charge in [-0.05, 0) is 47.1 Å². The van der Waals surface area contributed by atoms with E-state index in [9.17, 15) is 0 Å². The van der Waals surface area contributed by atoms with Crippen LogP contribution in [0.3, 0.4) is 0 Å². The normalized spacial score (nSPS) is 11.1. The van der Waals surface area contributed by atoms with E-state index in [4.69, 9.17) is 4.74 Å². The van der Waals surface area contributed by atoms with Crippen LogP contribution in [-0.2, 0) is 6.42 Å². The lowest BCUT2D eigenvalue weighted by molar-refractivity contribution is 0.412. The Hall–Kier alpha value is -0.980. The number of aryl methyl sites for hydroxylation is 1. The van der Waals surface area contributed by atoms with Crippen molar-refractivity contribution in [3.05, 3.63) is 27.7 Å². The smallest absolute Gasteiger partial charge is 0.147 e. The Balaban J connectivity index is 1.97. The largest absolute Gasteiger partial charge is 0.496 e. The first-order chi connectivity index (χ1) is 10.1. The monoisotopic (exact) mass is 369 g/mol. The average molecular weight is 370 g/mol. The van der Waals surface area contributed by atoms with Crippen molar-refractivity contribution in [2.75, 3.05) is 13.7 Å². The molecule has 6 heteroatoms. The van der Waals surface area contributed by atoms with E-state index in [1.54, 1.807) is 18.4 Å². The van der Waals surface area contributed by atoms with Crippen molar-refractivity contribution in [1.29, 1.82) is 0 Å². The lowest BCUT2D eigenvalue weighted by atomic mass is 10.2. The summed E-state index contributed by atoms with van der Waals surface area (Å²) in [6, 6.07) is 6.50. The third-order valence-corrected chi connectivity index (χ3v) is 4.64. The molecule has 0 aliphatic carbocycles. The van der Waals surface area contributed by atoms with Crippen LogP contribution in [0.15, 0.2) is 22.7 Å². The molecule has 1 aromatic heterocycles. The van der Waals surface area contributed by atoms with Gasteiger partial charge in [-0.15, -0.1) is 10.2 Å². The van der Waals surface area contributed by atoms with Crippen LogP contribution in [0.1, 0.15) is 25.3 Å². The van der Waals surface area contributed by atoms with E-state index in [0.29, 0.717) is 6.04 Å². The van der Waals surface area contributed by atoms with E-state index in [2.05, 4.69) is 45.3 Å². The van der Waals surface area contributed by atoms with Gasteiger partial charge in [-0.3, -0.25) is 0 Å². The summed E-state index contributed by atoms with van der Waals surface area (Å²) >= 11 is 5.15. The Morgan fingerprint density at radius 2 is 2.14 bits per heavy atom. The van der Waals surface area contributed by atoms with Crippen LogP contribution in [0.5, 0.6) is 5.75 Å². The van der Waals surface area contributed by atoms with Crippen LogP contribution in [0, 0.1) is 0 Å². The van der Waals surface area contributed by atoms with Crippen molar-refractivity contribution < 1.29 is 4.74 Å². The van der Waals surface area contributed by atoms with Crippen molar-refractivity contribution >= 4 is 27.3 Å². The molecular formula is C15H20BrN3OS. The number of ether oxygens (including phenoxy) is 1. The zero-order valence-electron chi connectivity index (χ0n) is 12.5. The number of nitrogens with zero attached hydrogens (tertiary/aromatic N) is 2. The van der Waals surface area contributed by atoms with Crippen LogP contribution in [-0.4, -0.2) is 29.9 Å². The molecule has 0 radical (unpaired) electrons. The van der Waals surface area contributed by atoms with Gasteiger partial charge in [-0.25, -0.2) is 0 Å². The van der Waals surface area contributed by atoms with Gasteiger partial charge < -0.3 is 10.1 Å². The average Bonchev–Trinajstić information content (AvgIpc) is 2.92. The van der Waals surface area contributed by atoms with Gasteiger partial charge in [0.15, 0.2) is 0 Å². The molecule has 1 heterocycles. The molecule has 0 bridgehead atoms. The Labute approximate surface area is 138 Å². The number of methoxy groups -OCH3 is 1. The molecule has 1 aromatic carbocycles. The van der Waals surface area contributed by atoms with E-state index in [-0.39, 0.29) is 0 Å². The predicted octanol–water partition coefficient (Wildman–Crippen LogP) is 3.91. The Kier molecular flexibility index (Phi) is 6.14. The second kappa shape index (κ2) is 7.87. The second-order valence-corrected chi connectivity index (χ2v) is 6.98. The van der Waals surface area contributed by atoms with E-state index >= 15 is 0 Å². The highest BCUT2D eigenvalue weighted by Crippen LogP contribution is 2.31. The van der Waals surface area contributed by atoms with Crippen LogP contribution in [0.25, 0.3) is 10.6 Å². The predicted molar refractivity (Wildman–Crippen MR) is 91.1 cm³/mol. The van der Waals surface area contributed by atoms with Gasteiger partial charge in [-0.2, -0.15) is 0 Å². The summed E-state index contributed by atoms with van der Waals surface area (Å²) in [6.45, 7) is 5.33. The van der Waals surface area contributed by atoms with Crippen molar-refractivity contribution in [2.45, 2.75) is 32.7 Å². The zero-order chi connectivity index (χ0) is 15.2. The first kappa shape index (κ1) is 16.4. The quantitative estimate of drug-likeness (QED) is 0.751. The second-order valence-electron chi connectivity index (χ2n) is 5.06. The molecule has 1 N–H and O–H groups in total. The molecule has 0 unspecified atom stereocenters. The van der Waals surface area contributed by atoms with Crippen LogP contribution in [0.4, 0.5) is 0 Å². The van der Waals surface area contributed by atoms with E-state index < -0.39 is 0 Å². The van der Waals surface area contributed by atoms with Crippen LogP contribution >= 0.6 is 27.3 Å². The lowest BCUT2D eigenvalue weighted by Gasteiger charge is -2.05. The Morgan fingerprint density at radius 1 is 1.33 bits per heavy atom. The molecule has 2 aromatic rings. The maximum atomic E-state index is 5.24. The van der Waals surface area contributed by atoms with Crippen LogP contribution < -0.4 is 10.1 Å². The number of rotatable bonds is 7. The van der Waals surface area contributed by atoms with E-state index in [0.717, 1.165) is 45.2 Å². The minimum absolute atomic E-state index is 0.534. The number of hydrogen-bond donors (Lipinski definition) is 1. The van der Waals surface area contributed by atoms with Gasteiger partial charge in [0.1, 0.15) is 15.8 Å². The van der Waals surface area contributed by atoms with Crippen LogP contribution in [0.2, 0.25) is 0 Å². The SMILES string of the molecule is COc1ccc(-c2nnc(CCCNC(C)C)s2)cc1Br. The fourth-order valence-corrected chi connectivity index (χ4v) is 3.32. The number of aromatic nitrogens is 2. The molecule has 0 atom stereocenters. The molecule has 114 valence electrons. The zero-order valence-corrected chi connectivity index (χ0v) is 14.9. The summed E-state index contributed by atoms with van der Waals surface area (Å²) in [4.78, 5) is 0. The van der Waals surface area contributed by atoms with Crippen molar-refractivity contribution in [3.63, 3.8) is 0 Å². The van der Waals surface area contributed by atoms with Gasteiger partial charge in [0.05, 0.1) is 11.6 Å². The van der Waals surface area contributed by atoms with Gasteiger partial charge in [0, 0.05) is 18.0 Å². The third kappa shape index (κ3) is 4.76. The van der Waals surface area contributed by atoms with Gasteiger partial charge in [0.2, 0.25) is 0 Å². The topological polar surface area (TPSA) is 47.0 Å². The number of nitrogens with one attached hydrogen (secondary N) is 1. The van der Waals surface area contributed by atoms with Crippen molar-refractivity contribution in [3.8, 4) is 16.3 Å². The number of hydrogen-bond acceptors (Lipinski definition) is 5. The summed E-state index contributed by atoms with van der Waals surface area (Å²) in [6.07, 6.45) is 2.05. The molecule has 0 aliphatic heterocycles. The molecule has 0 amide bonds. The Morgan fingerprint density at radius 3 is 2.81 bits per heavy atom. The maximum absolute atomic E-state index is 5.24. The lowest BCUT2D eigenvalue weighted by Crippen LogP contribution is -2.23. The summed E-state index contributed by atoms with van der Waals surface area (Å²) in [5.74, 6) is 0.822. The standard InChI is InChI=1S/C15H20BrN3OS/c1-10(2)17-8-4-5-14-18-19-15(21-14)11-6-7-13(20-3)12(16)9-11/h6-7,9-10,17H,4-5,8H2,1-3H3. The highest BCUT2D eigenvalue weighted by atomic mass is 79.9. The molecule has 4 nitrogen and oxygen atoms in total. The summed E-state index contributed by atoms with van der Waals surface area (Å²) in [5, 5.41) is 14.0. The molecule has 0 fully saturated rings. The molecule has 0 aliphatic rings. The molecule has 0 saturated carbocycles. The molecular weight excluding hydrogens is 350 g/mol. The highest BCUT2D eigenvalue weighted by Gasteiger charge is 2.09. The Bertz CT molecular complexity index is 586. The van der Waals surface area contributed by atoms with Gasteiger partial charge in [0.25, 0.3) is 0 Å². The highest BCUT2D eigenvalue weighted by molar-refractivity contribution is 9.10. The van der Waals surface area contributed by atoms with E-state index in [1.165, 1.54) is 0 Å². The van der Waals surface area contributed by atoms with Crippen molar-refractivity contribution in [2.24, 2.45) is 0 Å². The summed E-state index contributed by atoms with van der Waals surface area (Å²) in [5.41, 5.74) is 1.06. The summed E-state index contributed by atoms with van der Waals surface area (Å²) < 4.78 is 6.17. The van der Waals surface area contributed by atoms with Crippen molar-refractivity contribution in [1.82, 2.24) is 15.5 Å². The van der Waals surface area contributed by atoms with Gasteiger partial charge in [-0.1, -0.05) is 25.2 Å². The molecule has 0 spiro atoms. The molecule has 2 rings (SSSR count). The fourth-order valence-electron chi connectivity index (χ4n) is 1.90. The maximum Gasteiger partial charge on any atom is 0.147 e.